The van der Waals surface area contributed by atoms with Gasteiger partial charge in [-0.15, -0.1) is 10.2 Å². The van der Waals surface area contributed by atoms with Crippen LogP contribution in [0.3, 0.4) is 0 Å². The van der Waals surface area contributed by atoms with Crippen molar-refractivity contribution in [3.8, 4) is 11.5 Å². The van der Waals surface area contributed by atoms with Crippen molar-refractivity contribution in [1.29, 1.82) is 0 Å². The third kappa shape index (κ3) is 2.83. The first-order chi connectivity index (χ1) is 11.7. The first-order valence-electron chi connectivity index (χ1n) is 7.77. The zero-order valence-electron chi connectivity index (χ0n) is 13.2. The summed E-state index contributed by atoms with van der Waals surface area (Å²) in [6.07, 6.45) is 1.22. The van der Waals surface area contributed by atoms with Crippen LogP contribution in [0.15, 0.2) is 45.8 Å². The lowest BCUT2D eigenvalue weighted by molar-refractivity contribution is 0.277. The molecule has 0 unspecified atom stereocenters. The van der Waals surface area contributed by atoms with Crippen molar-refractivity contribution in [2.45, 2.75) is 26.4 Å². The van der Waals surface area contributed by atoms with Crippen LogP contribution >= 0.6 is 0 Å². The third-order valence-corrected chi connectivity index (χ3v) is 3.95. The first kappa shape index (κ1) is 14.7. The number of aliphatic hydroxyl groups is 1. The molecule has 0 aliphatic carbocycles. The SMILES string of the molecule is Cc1ccc(-c2nnc(CC3=Nc4nc(CO)ccc4C3)o2)cc1. The van der Waals surface area contributed by atoms with E-state index in [1.54, 1.807) is 0 Å². The zero-order valence-corrected chi connectivity index (χ0v) is 13.2. The fourth-order valence-electron chi connectivity index (χ4n) is 2.66. The smallest absolute Gasteiger partial charge is 0.247 e. The highest BCUT2D eigenvalue weighted by atomic mass is 16.4. The number of aromatic nitrogens is 3. The van der Waals surface area contributed by atoms with Gasteiger partial charge in [-0.2, -0.15) is 0 Å². The third-order valence-electron chi connectivity index (χ3n) is 3.95. The van der Waals surface area contributed by atoms with Gasteiger partial charge in [0.15, 0.2) is 5.82 Å². The summed E-state index contributed by atoms with van der Waals surface area (Å²) in [6.45, 7) is 1.96. The number of nitrogens with zero attached hydrogens (tertiary/aromatic N) is 4. The fraction of sp³-hybridized carbons (Fsp3) is 0.222. The minimum atomic E-state index is -0.0816. The summed E-state index contributed by atoms with van der Waals surface area (Å²) in [4.78, 5) is 8.84. The molecule has 0 saturated carbocycles. The van der Waals surface area contributed by atoms with Crippen LogP contribution in [0.25, 0.3) is 11.5 Å². The van der Waals surface area contributed by atoms with E-state index < -0.39 is 0 Å². The van der Waals surface area contributed by atoms with Gasteiger partial charge in [0.25, 0.3) is 0 Å². The number of hydrogen-bond acceptors (Lipinski definition) is 6. The van der Waals surface area contributed by atoms with Crippen molar-refractivity contribution in [1.82, 2.24) is 15.2 Å². The second kappa shape index (κ2) is 5.98. The van der Waals surface area contributed by atoms with E-state index in [9.17, 15) is 0 Å². The van der Waals surface area contributed by atoms with Crippen molar-refractivity contribution in [3.05, 3.63) is 59.1 Å². The maximum absolute atomic E-state index is 9.15. The predicted molar refractivity (Wildman–Crippen MR) is 89.1 cm³/mol. The summed E-state index contributed by atoms with van der Waals surface area (Å²) >= 11 is 0. The molecule has 1 aliphatic rings. The van der Waals surface area contributed by atoms with Crippen molar-refractivity contribution in [2.75, 3.05) is 0 Å². The Balaban J connectivity index is 1.52. The van der Waals surface area contributed by atoms with Gasteiger partial charge < -0.3 is 9.52 Å². The Labute approximate surface area is 138 Å². The van der Waals surface area contributed by atoms with E-state index in [0.717, 1.165) is 23.3 Å². The monoisotopic (exact) mass is 320 g/mol. The maximum atomic E-state index is 9.15. The highest BCUT2D eigenvalue weighted by Crippen LogP contribution is 2.26. The normalized spacial score (nSPS) is 13.0. The summed E-state index contributed by atoms with van der Waals surface area (Å²) in [6, 6.07) is 11.7. The van der Waals surface area contributed by atoms with Gasteiger partial charge >= 0.3 is 0 Å². The first-order valence-corrected chi connectivity index (χ1v) is 7.77. The van der Waals surface area contributed by atoms with E-state index in [1.807, 2.05) is 43.3 Å². The second-order valence-corrected chi connectivity index (χ2v) is 5.84. The molecular weight excluding hydrogens is 304 g/mol. The molecule has 0 radical (unpaired) electrons. The van der Waals surface area contributed by atoms with Crippen LogP contribution in [0.2, 0.25) is 0 Å². The van der Waals surface area contributed by atoms with Gasteiger partial charge in [0.1, 0.15) is 0 Å². The molecule has 0 fully saturated rings. The van der Waals surface area contributed by atoms with E-state index in [4.69, 9.17) is 9.52 Å². The molecule has 24 heavy (non-hydrogen) atoms. The van der Waals surface area contributed by atoms with E-state index in [1.165, 1.54) is 5.56 Å². The standard InChI is InChI=1S/C18H16N4O2/c1-11-2-4-12(5-3-11)18-22-21-16(24-18)9-15-8-13-6-7-14(10-23)19-17(13)20-15/h2-7,23H,8-10H2,1H3. The predicted octanol–water partition coefficient (Wildman–Crippen LogP) is 2.80. The van der Waals surface area contributed by atoms with Gasteiger partial charge in [-0.25, -0.2) is 9.98 Å². The number of aliphatic imine (C=N–C) groups is 1. The molecule has 1 N–H and O–H groups in total. The van der Waals surface area contributed by atoms with Gasteiger partial charge in [0.05, 0.1) is 18.7 Å². The number of benzene rings is 1. The number of aliphatic hydroxyl groups excluding tert-OH is 1. The minimum absolute atomic E-state index is 0.0816. The van der Waals surface area contributed by atoms with Crippen molar-refractivity contribution in [2.24, 2.45) is 4.99 Å². The molecular formula is C18H16N4O2. The summed E-state index contributed by atoms with van der Waals surface area (Å²) in [7, 11) is 0. The molecule has 3 heterocycles. The lowest BCUT2D eigenvalue weighted by atomic mass is 10.1. The van der Waals surface area contributed by atoms with Crippen LogP contribution in [0, 0.1) is 6.92 Å². The molecule has 0 amide bonds. The summed E-state index contributed by atoms with van der Waals surface area (Å²) in [5.74, 6) is 1.73. The van der Waals surface area contributed by atoms with Gasteiger partial charge in [0.2, 0.25) is 11.8 Å². The minimum Gasteiger partial charge on any atom is -0.420 e. The largest absolute Gasteiger partial charge is 0.420 e. The van der Waals surface area contributed by atoms with Crippen LogP contribution < -0.4 is 0 Å². The Bertz CT molecular complexity index is 913. The number of pyridine rings is 1. The molecule has 0 saturated heterocycles. The Morgan fingerprint density at radius 1 is 1.08 bits per heavy atom. The van der Waals surface area contributed by atoms with Gasteiger partial charge in [0, 0.05) is 23.3 Å². The molecule has 0 bridgehead atoms. The Morgan fingerprint density at radius 2 is 1.92 bits per heavy atom. The van der Waals surface area contributed by atoms with Crippen molar-refractivity contribution < 1.29 is 9.52 Å². The lowest BCUT2D eigenvalue weighted by Crippen LogP contribution is -2.03. The summed E-state index contributed by atoms with van der Waals surface area (Å²) in [5, 5.41) is 17.4. The molecule has 3 aromatic rings. The summed E-state index contributed by atoms with van der Waals surface area (Å²) < 4.78 is 5.75. The number of fused-ring (bicyclic) bond motifs is 1. The molecule has 120 valence electrons. The average molecular weight is 320 g/mol. The highest BCUT2D eigenvalue weighted by molar-refractivity contribution is 5.94. The molecule has 4 rings (SSSR count). The molecule has 6 heteroatoms. The molecule has 1 aromatic carbocycles. The van der Waals surface area contributed by atoms with E-state index >= 15 is 0 Å². The molecule has 2 aromatic heterocycles. The van der Waals surface area contributed by atoms with Crippen LogP contribution in [-0.4, -0.2) is 26.0 Å². The Morgan fingerprint density at radius 3 is 2.71 bits per heavy atom. The molecule has 0 spiro atoms. The van der Waals surface area contributed by atoms with Crippen molar-refractivity contribution in [3.63, 3.8) is 0 Å². The molecule has 6 nitrogen and oxygen atoms in total. The number of hydrogen-bond donors (Lipinski definition) is 1. The molecule has 1 aliphatic heterocycles. The maximum Gasteiger partial charge on any atom is 0.247 e. The zero-order chi connectivity index (χ0) is 16.5. The Hall–Kier alpha value is -2.86. The second-order valence-electron chi connectivity index (χ2n) is 5.84. The number of rotatable bonds is 4. The van der Waals surface area contributed by atoms with E-state index in [-0.39, 0.29) is 6.61 Å². The summed E-state index contributed by atoms with van der Waals surface area (Å²) in [5.41, 5.74) is 4.71. The van der Waals surface area contributed by atoms with Crippen LogP contribution in [-0.2, 0) is 19.4 Å². The van der Waals surface area contributed by atoms with Gasteiger partial charge in [-0.3, -0.25) is 0 Å². The van der Waals surface area contributed by atoms with Crippen LogP contribution in [0.1, 0.15) is 22.7 Å². The van der Waals surface area contributed by atoms with Gasteiger partial charge in [-0.05, 0) is 25.1 Å². The Kier molecular flexibility index (Phi) is 3.66. The number of aryl methyl sites for hydroxylation is 1. The quantitative estimate of drug-likeness (QED) is 0.799. The van der Waals surface area contributed by atoms with Crippen LogP contribution in [0.5, 0.6) is 0 Å². The van der Waals surface area contributed by atoms with Crippen LogP contribution in [0.4, 0.5) is 5.82 Å². The van der Waals surface area contributed by atoms with Gasteiger partial charge in [-0.1, -0.05) is 23.8 Å². The lowest BCUT2D eigenvalue weighted by Gasteiger charge is -1.98. The van der Waals surface area contributed by atoms with E-state index in [2.05, 4.69) is 20.2 Å². The highest BCUT2D eigenvalue weighted by Gasteiger charge is 2.19. The van der Waals surface area contributed by atoms with E-state index in [0.29, 0.717) is 29.7 Å². The topological polar surface area (TPSA) is 84.4 Å². The fourth-order valence-corrected chi connectivity index (χ4v) is 2.66. The van der Waals surface area contributed by atoms with Crippen molar-refractivity contribution >= 4 is 11.5 Å². The molecule has 0 atom stereocenters. The average Bonchev–Trinajstić information content (AvgIpc) is 3.21.